The van der Waals surface area contributed by atoms with Gasteiger partial charge in [-0.25, -0.2) is 13.8 Å². The molecule has 37 heavy (non-hydrogen) atoms. The van der Waals surface area contributed by atoms with Crippen LogP contribution >= 0.6 is 11.3 Å². The Bertz CT molecular complexity index is 1070. The Balaban J connectivity index is 1.69. The SMILES string of the molecule is COCC(NC(=O)C1CCCC(F)(F)C1)C(=O)NC(Cc1ccccc1)C(=O)C(=O)NCc1nccs1. The molecular weight excluding hydrogens is 506 g/mol. The van der Waals surface area contributed by atoms with Crippen LogP contribution in [0.1, 0.15) is 36.3 Å². The summed E-state index contributed by atoms with van der Waals surface area (Å²) in [5.74, 6) is -7.08. The number of rotatable bonds is 12. The maximum Gasteiger partial charge on any atom is 0.289 e. The number of carbonyl (C=O) groups is 4. The number of alkyl halides is 2. The first-order valence-electron chi connectivity index (χ1n) is 11.9. The van der Waals surface area contributed by atoms with E-state index < -0.39 is 53.8 Å². The molecule has 1 aromatic heterocycles. The van der Waals surface area contributed by atoms with Gasteiger partial charge in [0.05, 0.1) is 13.2 Å². The molecule has 9 nitrogen and oxygen atoms in total. The van der Waals surface area contributed by atoms with Crippen LogP contribution in [0.15, 0.2) is 41.9 Å². The van der Waals surface area contributed by atoms with Crippen molar-refractivity contribution in [3.63, 3.8) is 0 Å². The van der Waals surface area contributed by atoms with E-state index in [9.17, 15) is 28.0 Å². The standard InChI is InChI=1S/C25H30F2N4O5S/c1-36-15-19(31-22(33)17-8-5-9-25(26,27)13-17)23(34)30-18(12-16-6-3-2-4-7-16)21(32)24(35)29-14-20-28-10-11-37-20/h2-4,6-7,10-11,17-19H,5,8-9,12-15H2,1H3,(H,29,35)(H,30,34)(H,31,33). The molecule has 1 aliphatic carbocycles. The fourth-order valence-corrected chi connectivity index (χ4v) is 4.66. The van der Waals surface area contributed by atoms with Gasteiger partial charge in [0, 0.05) is 43.9 Å². The van der Waals surface area contributed by atoms with Gasteiger partial charge in [0.25, 0.3) is 5.91 Å². The first-order valence-corrected chi connectivity index (χ1v) is 12.8. The monoisotopic (exact) mass is 536 g/mol. The van der Waals surface area contributed by atoms with Crippen molar-refractivity contribution in [2.24, 2.45) is 5.92 Å². The third-order valence-corrected chi connectivity index (χ3v) is 6.78. The van der Waals surface area contributed by atoms with Crippen molar-refractivity contribution in [3.05, 3.63) is 52.5 Å². The van der Waals surface area contributed by atoms with Gasteiger partial charge in [-0.3, -0.25) is 19.2 Å². The number of carbonyl (C=O) groups excluding carboxylic acids is 4. The second-order valence-electron chi connectivity index (χ2n) is 8.89. The molecule has 0 radical (unpaired) electrons. The first-order chi connectivity index (χ1) is 17.7. The summed E-state index contributed by atoms with van der Waals surface area (Å²) in [6.45, 7) is -0.189. The molecule has 12 heteroatoms. The molecule has 0 spiro atoms. The maximum absolute atomic E-state index is 13.8. The largest absolute Gasteiger partial charge is 0.382 e. The Morgan fingerprint density at radius 1 is 1.16 bits per heavy atom. The molecule has 3 unspecified atom stereocenters. The van der Waals surface area contributed by atoms with E-state index in [1.165, 1.54) is 18.4 Å². The molecule has 3 N–H and O–H groups in total. The van der Waals surface area contributed by atoms with E-state index in [4.69, 9.17) is 4.74 Å². The van der Waals surface area contributed by atoms with E-state index in [1.54, 1.807) is 41.9 Å². The van der Waals surface area contributed by atoms with E-state index >= 15 is 0 Å². The lowest BCUT2D eigenvalue weighted by Gasteiger charge is -2.29. The average molecular weight is 537 g/mol. The molecule has 3 rings (SSSR count). The number of ether oxygens (including phenoxy) is 1. The number of aromatic nitrogens is 1. The number of Topliss-reactive ketones (excluding diaryl/α,β-unsaturated/α-hetero) is 1. The van der Waals surface area contributed by atoms with Gasteiger partial charge in [0.2, 0.25) is 23.5 Å². The van der Waals surface area contributed by atoms with E-state index in [1.807, 2.05) is 0 Å². The van der Waals surface area contributed by atoms with E-state index in [0.717, 1.165) is 0 Å². The number of amides is 3. The summed E-state index contributed by atoms with van der Waals surface area (Å²) in [4.78, 5) is 55.4. The van der Waals surface area contributed by atoms with E-state index in [-0.39, 0.29) is 38.8 Å². The zero-order valence-electron chi connectivity index (χ0n) is 20.4. The van der Waals surface area contributed by atoms with Crippen LogP contribution in [-0.2, 0) is 36.9 Å². The van der Waals surface area contributed by atoms with Crippen molar-refractivity contribution in [2.45, 2.75) is 56.7 Å². The van der Waals surface area contributed by atoms with Gasteiger partial charge in [0.15, 0.2) is 0 Å². The minimum absolute atomic E-state index is 0.0264. The van der Waals surface area contributed by atoms with Gasteiger partial charge >= 0.3 is 0 Å². The summed E-state index contributed by atoms with van der Waals surface area (Å²) in [6.07, 6.45) is 1.23. The van der Waals surface area contributed by atoms with Crippen molar-refractivity contribution >= 4 is 34.8 Å². The molecule has 3 amide bonds. The van der Waals surface area contributed by atoms with Gasteiger partial charge in [-0.1, -0.05) is 30.3 Å². The smallest absolute Gasteiger partial charge is 0.289 e. The minimum atomic E-state index is -2.93. The lowest BCUT2D eigenvalue weighted by atomic mass is 9.86. The molecule has 3 atom stereocenters. The number of nitrogens with one attached hydrogen (secondary N) is 3. The molecule has 1 aliphatic rings. The number of hydrogen-bond donors (Lipinski definition) is 3. The fourth-order valence-electron chi connectivity index (χ4n) is 4.11. The normalized spacial score (nSPS) is 18.3. The van der Waals surface area contributed by atoms with Crippen LogP contribution in [0.5, 0.6) is 0 Å². The second-order valence-corrected chi connectivity index (χ2v) is 9.87. The Morgan fingerprint density at radius 2 is 1.92 bits per heavy atom. The first kappa shape index (κ1) is 28.3. The fraction of sp³-hybridized carbons (Fsp3) is 0.480. The van der Waals surface area contributed by atoms with Crippen LogP contribution in [0.3, 0.4) is 0 Å². The van der Waals surface area contributed by atoms with Crippen LogP contribution in [0, 0.1) is 5.92 Å². The molecular formula is C25H30F2N4O5S. The summed E-state index contributed by atoms with van der Waals surface area (Å²) < 4.78 is 32.6. The molecule has 1 fully saturated rings. The number of benzene rings is 1. The van der Waals surface area contributed by atoms with Gasteiger partial charge < -0.3 is 20.7 Å². The molecule has 0 bridgehead atoms. The Labute approximate surface area is 217 Å². The summed E-state index contributed by atoms with van der Waals surface area (Å²) in [6, 6.07) is 6.33. The third-order valence-electron chi connectivity index (χ3n) is 6.00. The molecule has 0 aliphatic heterocycles. The minimum Gasteiger partial charge on any atom is -0.382 e. The highest BCUT2D eigenvalue weighted by Crippen LogP contribution is 2.36. The molecule has 1 aromatic carbocycles. The van der Waals surface area contributed by atoms with Crippen molar-refractivity contribution in [2.75, 3.05) is 13.7 Å². The summed E-state index contributed by atoms with van der Waals surface area (Å²) >= 11 is 1.32. The number of methoxy groups -OCH3 is 1. The Morgan fingerprint density at radius 3 is 2.57 bits per heavy atom. The topological polar surface area (TPSA) is 126 Å². The zero-order chi connectivity index (χ0) is 26.8. The number of ketones is 1. The van der Waals surface area contributed by atoms with Gasteiger partial charge in [-0.15, -0.1) is 11.3 Å². The van der Waals surface area contributed by atoms with Gasteiger partial charge in [0.1, 0.15) is 17.1 Å². The average Bonchev–Trinajstić information content (AvgIpc) is 3.40. The Kier molecular flexibility index (Phi) is 10.2. The second kappa shape index (κ2) is 13.3. The van der Waals surface area contributed by atoms with Gasteiger partial charge in [-0.05, 0) is 18.4 Å². The molecule has 1 heterocycles. The molecule has 2 aromatic rings. The van der Waals surface area contributed by atoms with Crippen LogP contribution in [0.2, 0.25) is 0 Å². The highest BCUT2D eigenvalue weighted by Gasteiger charge is 2.40. The highest BCUT2D eigenvalue weighted by atomic mass is 32.1. The summed E-state index contributed by atoms with van der Waals surface area (Å²) in [7, 11) is 1.32. The van der Waals surface area contributed by atoms with E-state index in [0.29, 0.717) is 10.6 Å². The highest BCUT2D eigenvalue weighted by molar-refractivity contribution is 7.09. The van der Waals surface area contributed by atoms with E-state index in [2.05, 4.69) is 20.9 Å². The van der Waals surface area contributed by atoms with Crippen molar-refractivity contribution in [1.29, 1.82) is 0 Å². The van der Waals surface area contributed by atoms with Gasteiger partial charge in [-0.2, -0.15) is 0 Å². The van der Waals surface area contributed by atoms with Crippen molar-refractivity contribution in [3.8, 4) is 0 Å². The number of thiazole rings is 1. The van der Waals surface area contributed by atoms with Crippen LogP contribution in [0.25, 0.3) is 0 Å². The predicted molar refractivity (Wildman–Crippen MR) is 132 cm³/mol. The molecule has 0 saturated heterocycles. The number of hydrogen-bond acceptors (Lipinski definition) is 7. The van der Waals surface area contributed by atoms with Crippen molar-refractivity contribution in [1.82, 2.24) is 20.9 Å². The summed E-state index contributed by atoms with van der Waals surface area (Å²) in [5.41, 5.74) is 0.700. The van der Waals surface area contributed by atoms with Crippen molar-refractivity contribution < 1.29 is 32.7 Å². The molecule has 200 valence electrons. The number of halogens is 2. The Hall–Kier alpha value is -3.25. The lowest BCUT2D eigenvalue weighted by Crippen LogP contribution is -2.56. The zero-order valence-corrected chi connectivity index (χ0v) is 21.2. The molecule has 1 saturated carbocycles. The van der Waals surface area contributed by atoms with Crippen LogP contribution < -0.4 is 16.0 Å². The maximum atomic E-state index is 13.8. The summed E-state index contributed by atoms with van der Waals surface area (Å²) in [5, 5.41) is 9.87. The number of nitrogens with zero attached hydrogens (tertiary/aromatic N) is 1. The van der Waals surface area contributed by atoms with Crippen LogP contribution in [-0.4, -0.2) is 60.2 Å². The quantitative estimate of drug-likeness (QED) is 0.356. The predicted octanol–water partition coefficient (Wildman–Crippen LogP) is 2.01. The lowest BCUT2D eigenvalue weighted by molar-refractivity contribution is -0.141. The third kappa shape index (κ3) is 8.67. The van der Waals surface area contributed by atoms with Crippen LogP contribution in [0.4, 0.5) is 8.78 Å².